The number of hydrogen-bond acceptors (Lipinski definition) is 5. The maximum absolute atomic E-state index is 12.9. The van der Waals surface area contributed by atoms with Crippen LogP contribution in [-0.2, 0) is 11.8 Å². The van der Waals surface area contributed by atoms with E-state index in [1.165, 1.54) is 0 Å². The maximum atomic E-state index is 12.9. The van der Waals surface area contributed by atoms with Crippen LogP contribution >= 0.6 is 11.6 Å². The number of hydrogen-bond donors (Lipinski definition) is 0. The predicted molar refractivity (Wildman–Crippen MR) is 107 cm³/mol. The van der Waals surface area contributed by atoms with Crippen molar-refractivity contribution in [2.75, 3.05) is 31.1 Å². The van der Waals surface area contributed by atoms with E-state index >= 15 is 0 Å². The van der Waals surface area contributed by atoms with Gasteiger partial charge in [-0.1, -0.05) is 29.8 Å². The zero-order valence-electron chi connectivity index (χ0n) is 15.6. The molecule has 8 heteroatoms. The van der Waals surface area contributed by atoms with Gasteiger partial charge in [0.2, 0.25) is 5.91 Å². The Kier molecular flexibility index (Phi) is 4.19. The van der Waals surface area contributed by atoms with Crippen molar-refractivity contribution in [3.63, 3.8) is 0 Å². The van der Waals surface area contributed by atoms with Crippen LogP contribution in [0, 0.1) is 5.92 Å². The molecule has 2 unspecified atom stereocenters. The maximum Gasteiger partial charge on any atom is 0.226 e. The molecule has 1 aliphatic carbocycles. The van der Waals surface area contributed by atoms with Gasteiger partial charge < -0.3 is 9.80 Å². The molecule has 28 heavy (non-hydrogen) atoms. The van der Waals surface area contributed by atoms with E-state index in [0.717, 1.165) is 46.9 Å². The van der Waals surface area contributed by atoms with Crippen LogP contribution in [0.25, 0.3) is 11.0 Å². The van der Waals surface area contributed by atoms with Crippen LogP contribution in [0.5, 0.6) is 0 Å². The summed E-state index contributed by atoms with van der Waals surface area (Å²) in [6, 6.07) is 7.85. The van der Waals surface area contributed by atoms with Crippen molar-refractivity contribution in [3.8, 4) is 0 Å². The largest absolute Gasteiger partial charge is 0.352 e. The molecule has 144 valence electrons. The number of nitrogens with zero attached hydrogens (tertiary/aromatic N) is 6. The number of benzene rings is 1. The van der Waals surface area contributed by atoms with E-state index in [9.17, 15) is 4.79 Å². The Morgan fingerprint density at radius 1 is 1.14 bits per heavy atom. The van der Waals surface area contributed by atoms with Crippen LogP contribution in [0.2, 0.25) is 5.02 Å². The number of fused-ring (bicyclic) bond motifs is 1. The number of piperazine rings is 1. The van der Waals surface area contributed by atoms with E-state index in [1.807, 2.05) is 36.2 Å². The van der Waals surface area contributed by atoms with Crippen molar-refractivity contribution < 1.29 is 4.79 Å². The fourth-order valence-corrected chi connectivity index (χ4v) is 4.44. The van der Waals surface area contributed by atoms with Crippen molar-refractivity contribution in [3.05, 3.63) is 47.4 Å². The monoisotopic (exact) mass is 396 g/mol. The third-order valence-corrected chi connectivity index (χ3v) is 6.16. The Hall–Kier alpha value is -2.67. The Bertz CT molecular complexity index is 1040. The van der Waals surface area contributed by atoms with Crippen molar-refractivity contribution in [2.24, 2.45) is 13.0 Å². The number of halogens is 1. The Labute approximate surface area is 167 Å². The second-order valence-electron chi connectivity index (χ2n) is 7.49. The van der Waals surface area contributed by atoms with Gasteiger partial charge in [0.1, 0.15) is 12.1 Å². The molecule has 2 aromatic heterocycles. The molecule has 7 nitrogen and oxygen atoms in total. The van der Waals surface area contributed by atoms with Crippen LogP contribution in [-0.4, -0.2) is 56.7 Å². The van der Waals surface area contributed by atoms with Gasteiger partial charge in [-0.25, -0.2) is 9.97 Å². The number of rotatable bonds is 3. The number of carbonyl (C=O) groups excluding carboxylic acids is 1. The fraction of sp³-hybridized carbons (Fsp3) is 0.400. The highest BCUT2D eigenvalue weighted by Crippen LogP contribution is 2.50. The molecule has 1 saturated heterocycles. The molecule has 2 aliphatic rings. The smallest absolute Gasteiger partial charge is 0.226 e. The van der Waals surface area contributed by atoms with Gasteiger partial charge in [0.25, 0.3) is 0 Å². The van der Waals surface area contributed by atoms with Crippen LogP contribution in [0.4, 0.5) is 5.82 Å². The molecule has 1 aromatic carbocycles. The van der Waals surface area contributed by atoms with Crippen LogP contribution in [0.15, 0.2) is 36.8 Å². The fourth-order valence-electron chi connectivity index (χ4n) is 4.16. The SMILES string of the molecule is Cn1ncc2c(N3CCN(C(=O)C4CC4c4ccccc4Cl)CC3)ncnc21. The average Bonchev–Trinajstić information content (AvgIpc) is 3.43. The summed E-state index contributed by atoms with van der Waals surface area (Å²) in [6.45, 7) is 2.93. The Morgan fingerprint density at radius 3 is 2.71 bits per heavy atom. The Morgan fingerprint density at radius 2 is 1.93 bits per heavy atom. The van der Waals surface area contributed by atoms with Gasteiger partial charge in [0, 0.05) is 44.2 Å². The lowest BCUT2D eigenvalue weighted by Gasteiger charge is -2.35. The van der Waals surface area contributed by atoms with E-state index < -0.39 is 0 Å². The van der Waals surface area contributed by atoms with Crippen molar-refractivity contribution >= 4 is 34.4 Å². The molecular formula is C20H21ClN6O. The van der Waals surface area contributed by atoms with Gasteiger partial charge in [0.05, 0.1) is 11.6 Å². The van der Waals surface area contributed by atoms with E-state index in [2.05, 4.69) is 20.0 Å². The number of anilines is 1. The molecule has 0 N–H and O–H groups in total. The molecule has 0 spiro atoms. The van der Waals surface area contributed by atoms with Gasteiger partial charge >= 0.3 is 0 Å². The highest BCUT2D eigenvalue weighted by atomic mass is 35.5. The second-order valence-corrected chi connectivity index (χ2v) is 7.89. The summed E-state index contributed by atoms with van der Waals surface area (Å²) in [5, 5.41) is 5.99. The van der Waals surface area contributed by atoms with Gasteiger partial charge in [-0.3, -0.25) is 9.48 Å². The highest BCUT2D eigenvalue weighted by molar-refractivity contribution is 6.31. The van der Waals surface area contributed by atoms with E-state index in [1.54, 1.807) is 17.2 Å². The van der Waals surface area contributed by atoms with E-state index in [-0.39, 0.29) is 17.7 Å². The molecule has 0 bridgehead atoms. The normalized spacial score (nSPS) is 21.9. The third-order valence-electron chi connectivity index (χ3n) is 5.81. The summed E-state index contributed by atoms with van der Waals surface area (Å²) in [5.41, 5.74) is 1.92. The van der Waals surface area contributed by atoms with Crippen molar-refractivity contribution in [1.29, 1.82) is 0 Å². The summed E-state index contributed by atoms with van der Waals surface area (Å²) in [5.74, 6) is 1.47. The Balaban J connectivity index is 1.25. The van der Waals surface area contributed by atoms with E-state index in [0.29, 0.717) is 13.1 Å². The summed E-state index contributed by atoms with van der Waals surface area (Å²) < 4.78 is 1.75. The standard InChI is InChI=1S/C20H21ClN6O/c1-25-18-16(11-24-25)19(23-12-22-18)26-6-8-27(9-7-26)20(28)15-10-14(15)13-4-2-3-5-17(13)21/h2-5,11-12,14-15H,6-10H2,1H3. The number of amides is 1. The minimum Gasteiger partial charge on any atom is -0.352 e. The molecule has 3 aromatic rings. The van der Waals surface area contributed by atoms with Crippen molar-refractivity contribution in [1.82, 2.24) is 24.6 Å². The topological polar surface area (TPSA) is 67.2 Å². The molecule has 1 saturated carbocycles. The first-order valence-corrected chi connectivity index (χ1v) is 9.92. The summed E-state index contributed by atoms with van der Waals surface area (Å²) in [7, 11) is 1.88. The van der Waals surface area contributed by atoms with Gasteiger partial charge in [0.15, 0.2) is 5.65 Å². The molecule has 1 aliphatic heterocycles. The molecule has 1 amide bonds. The highest BCUT2D eigenvalue weighted by Gasteiger charge is 2.46. The molecular weight excluding hydrogens is 376 g/mol. The van der Waals surface area contributed by atoms with E-state index in [4.69, 9.17) is 11.6 Å². The third kappa shape index (κ3) is 2.90. The molecule has 0 radical (unpaired) electrons. The number of carbonyl (C=O) groups is 1. The van der Waals surface area contributed by atoms with Gasteiger partial charge in [-0.15, -0.1) is 0 Å². The quantitative estimate of drug-likeness (QED) is 0.680. The minimum absolute atomic E-state index is 0.0653. The van der Waals surface area contributed by atoms with Crippen LogP contribution in [0.1, 0.15) is 17.9 Å². The predicted octanol–water partition coefficient (Wildman–Crippen LogP) is 2.47. The van der Waals surface area contributed by atoms with Gasteiger partial charge in [-0.2, -0.15) is 5.10 Å². The lowest BCUT2D eigenvalue weighted by molar-refractivity contribution is -0.132. The summed E-state index contributed by atoms with van der Waals surface area (Å²) >= 11 is 6.30. The zero-order chi connectivity index (χ0) is 19.3. The second kappa shape index (κ2) is 6.74. The van der Waals surface area contributed by atoms with Crippen molar-refractivity contribution in [2.45, 2.75) is 12.3 Å². The number of aryl methyl sites for hydroxylation is 1. The zero-order valence-corrected chi connectivity index (χ0v) is 16.4. The molecule has 3 heterocycles. The van der Waals surface area contributed by atoms with Gasteiger partial charge in [-0.05, 0) is 24.0 Å². The minimum atomic E-state index is 0.0653. The summed E-state index contributed by atoms with van der Waals surface area (Å²) in [6.07, 6.45) is 4.28. The molecule has 2 fully saturated rings. The number of aromatic nitrogens is 4. The lowest BCUT2D eigenvalue weighted by atomic mass is 10.1. The first kappa shape index (κ1) is 17.4. The average molecular weight is 397 g/mol. The first-order valence-electron chi connectivity index (χ1n) is 9.54. The molecule has 5 rings (SSSR count). The lowest BCUT2D eigenvalue weighted by Crippen LogP contribution is -2.49. The van der Waals surface area contributed by atoms with Crippen LogP contribution < -0.4 is 4.90 Å². The summed E-state index contributed by atoms with van der Waals surface area (Å²) in [4.78, 5) is 25.9. The first-order chi connectivity index (χ1) is 13.6. The van der Waals surface area contributed by atoms with Crippen LogP contribution in [0.3, 0.4) is 0 Å². The molecule has 2 atom stereocenters.